The topological polar surface area (TPSA) is 111 Å². The predicted octanol–water partition coefficient (Wildman–Crippen LogP) is 2.60. The van der Waals surface area contributed by atoms with Crippen LogP contribution in [0.1, 0.15) is 19.0 Å². The van der Waals surface area contributed by atoms with Crippen molar-refractivity contribution in [2.75, 3.05) is 16.7 Å². The first-order valence-corrected chi connectivity index (χ1v) is 9.76. The van der Waals surface area contributed by atoms with E-state index in [0.29, 0.717) is 5.69 Å². The number of nitrogen functional groups attached to an aromatic ring is 1. The van der Waals surface area contributed by atoms with Crippen LogP contribution in [0.2, 0.25) is 0 Å². The molecule has 25 heavy (non-hydrogen) atoms. The second kappa shape index (κ2) is 6.64. The lowest BCUT2D eigenvalue weighted by Gasteiger charge is -2.08. The number of rotatable bonds is 5. The Kier molecular flexibility index (Phi) is 4.54. The van der Waals surface area contributed by atoms with Gasteiger partial charge in [-0.15, -0.1) is 0 Å². The number of fused-ring (bicyclic) bond motifs is 1. The number of aryl methyl sites for hydroxylation is 1. The third-order valence-corrected chi connectivity index (χ3v) is 4.21. The van der Waals surface area contributed by atoms with Gasteiger partial charge in [0.1, 0.15) is 5.52 Å². The van der Waals surface area contributed by atoms with Crippen LogP contribution in [0.25, 0.3) is 22.3 Å². The minimum atomic E-state index is -3.29. The molecule has 3 rings (SSSR count). The minimum absolute atomic E-state index is 0.252. The number of nitrogens with one attached hydrogen (secondary N) is 1. The second-order valence-corrected chi connectivity index (χ2v) is 7.54. The zero-order valence-corrected chi connectivity index (χ0v) is 14.8. The average molecular weight is 357 g/mol. The molecule has 0 aliphatic carbocycles. The first-order chi connectivity index (χ1) is 11.9. The van der Waals surface area contributed by atoms with Crippen molar-refractivity contribution in [1.82, 2.24) is 15.0 Å². The van der Waals surface area contributed by atoms with Crippen LogP contribution in [0, 0.1) is 0 Å². The van der Waals surface area contributed by atoms with Crippen molar-refractivity contribution >= 4 is 32.7 Å². The maximum atomic E-state index is 11.3. The molecule has 0 unspecified atom stereocenters. The molecule has 3 aromatic rings. The van der Waals surface area contributed by atoms with Crippen molar-refractivity contribution in [3.63, 3.8) is 0 Å². The predicted molar refractivity (Wildman–Crippen MR) is 99.6 cm³/mol. The number of benzene rings is 1. The molecule has 0 bridgehead atoms. The summed E-state index contributed by atoms with van der Waals surface area (Å²) in [6.07, 6.45) is 2.83. The van der Waals surface area contributed by atoms with Gasteiger partial charge in [-0.3, -0.25) is 4.72 Å². The normalized spacial score (nSPS) is 11.6. The molecule has 0 aliphatic heterocycles. The van der Waals surface area contributed by atoms with Crippen LogP contribution in [-0.4, -0.2) is 29.6 Å². The van der Waals surface area contributed by atoms with E-state index in [1.165, 1.54) is 0 Å². The van der Waals surface area contributed by atoms with Crippen molar-refractivity contribution in [1.29, 1.82) is 0 Å². The van der Waals surface area contributed by atoms with E-state index in [-0.39, 0.29) is 5.95 Å². The van der Waals surface area contributed by atoms with Crippen molar-refractivity contribution in [3.8, 4) is 11.3 Å². The first-order valence-electron chi connectivity index (χ1n) is 7.87. The number of pyridine rings is 1. The Morgan fingerprint density at radius 3 is 2.40 bits per heavy atom. The molecular weight excluding hydrogens is 338 g/mol. The number of hydrogen-bond donors (Lipinski definition) is 2. The number of nitrogens with two attached hydrogens (primary N) is 1. The molecule has 0 radical (unpaired) electrons. The van der Waals surface area contributed by atoms with Gasteiger partial charge in [0, 0.05) is 11.3 Å². The van der Waals surface area contributed by atoms with E-state index in [1.807, 2.05) is 24.3 Å². The van der Waals surface area contributed by atoms with Gasteiger partial charge < -0.3 is 5.73 Å². The molecule has 0 spiro atoms. The molecule has 2 heterocycles. The van der Waals surface area contributed by atoms with Crippen LogP contribution in [0.5, 0.6) is 0 Å². The molecule has 7 nitrogen and oxygen atoms in total. The molecular formula is C17H19N5O2S. The Morgan fingerprint density at radius 2 is 1.76 bits per heavy atom. The average Bonchev–Trinajstić information content (AvgIpc) is 2.54. The fraction of sp³-hybridized carbons (Fsp3) is 0.235. The number of hydrogen-bond acceptors (Lipinski definition) is 6. The van der Waals surface area contributed by atoms with Gasteiger partial charge in [0.25, 0.3) is 0 Å². The molecule has 130 valence electrons. The lowest BCUT2D eigenvalue weighted by molar-refractivity contribution is 0.607. The summed E-state index contributed by atoms with van der Waals surface area (Å²) in [6.45, 7) is 2.07. The monoisotopic (exact) mass is 357 g/mol. The second-order valence-electron chi connectivity index (χ2n) is 5.79. The summed E-state index contributed by atoms with van der Waals surface area (Å²) >= 11 is 0. The highest BCUT2D eigenvalue weighted by atomic mass is 32.2. The molecule has 0 atom stereocenters. The Labute approximate surface area is 146 Å². The highest BCUT2D eigenvalue weighted by Crippen LogP contribution is 2.24. The lowest BCUT2D eigenvalue weighted by atomic mass is 10.1. The zero-order chi connectivity index (χ0) is 18.0. The maximum Gasteiger partial charge on any atom is 0.229 e. The van der Waals surface area contributed by atoms with Crippen LogP contribution >= 0.6 is 0 Å². The van der Waals surface area contributed by atoms with E-state index in [9.17, 15) is 8.42 Å². The minimum Gasteiger partial charge on any atom is -0.368 e. The van der Waals surface area contributed by atoms with E-state index in [2.05, 4.69) is 21.6 Å². The van der Waals surface area contributed by atoms with Gasteiger partial charge in [0.05, 0.1) is 23.2 Å². The standard InChI is InChI=1S/C17H19N5O2S/c1-3-4-14-16-15(21-17(18)20-14)10-9-13(19-16)11-5-7-12(8-6-11)22-25(2,23)24/h5-10,22H,3-4H2,1-2H3,(H2,18,20,21). The first kappa shape index (κ1) is 17.1. The summed E-state index contributed by atoms with van der Waals surface area (Å²) in [5, 5.41) is 0. The summed E-state index contributed by atoms with van der Waals surface area (Å²) in [7, 11) is -3.29. The molecule has 0 fully saturated rings. The lowest BCUT2D eigenvalue weighted by Crippen LogP contribution is -2.09. The third kappa shape index (κ3) is 4.03. The Bertz CT molecular complexity index is 1020. The molecule has 3 N–H and O–H groups in total. The SMILES string of the molecule is CCCc1nc(N)nc2ccc(-c3ccc(NS(C)(=O)=O)cc3)nc12. The highest BCUT2D eigenvalue weighted by Gasteiger charge is 2.10. The summed E-state index contributed by atoms with van der Waals surface area (Å²) in [4.78, 5) is 13.2. The molecule has 2 aromatic heterocycles. The molecule has 8 heteroatoms. The summed E-state index contributed by atoms with van der Waals surface area (Å²) in [5.74, 6) is 0.252. The van der Waals surface area contributed by atoms with Crippen molar-refractivity contribution in [2.24, 2.45) is 0 Å². The molecule has 0 saturated carbocycles. The van der Waals surface area contributed by atoms with Gasteiger partial charge >= 0.3 is 0 Å². The van der Waals surface area contributed by atoms with Crippen molar-refractivity contribution in [2.45, 2.75) is 19.8 Å². The Morgan fingerprint density at radius 1 is 1.04 bits per heavy atom. The van der Waals surface area contributed by atoms with Gasteiger partial charge in [0.15, 0.2) is 0 Å². The van der Waals surface area contributed by atoms with Crippen LogP contribution in [0.15, 0.2) is 36.4 Å². The summed E-state index contributed by atoms with van der Waals surface area (Å²) in [6, 6.07) is 10.8. The van der Waals surface area contributed by atoms with Crippen molar-refractivity contribution in [3.05, 3.63) is 42.1 Å². The molecule has 0 amide bonds. The van der Waals surface area contributed by atoms with Gasteiger partial charge in [-0.05, 0) is 30.7 Å². The van der Waals surface area contributed by atoms with Gasteiger partial charge in [-0.2, -0.15) is 0 Å². The van der Waals surface area contributed by atoms with Gasteiger partial charge in [0.2, 0.25) is 16.0 Å². The summed E-state index contributed by atoms with van der Waals surface area (Å²) < 4.78 is 25.0. The number of sulfonamides is 1. The fourth-order valence-corrected chi connectivity index (χ4v) is 3.15. The van der Waals surface area contributed by atoms with Gasteiger partial charge in [-0.25, -0.2) is 23.4 Å². The van der Waals surface area contributed by atoms with Crippen LogP contribution in [0.4, 0.5) is 11.6 Å². The largest absolute Gasteiger partial charge is 0.368 e. The fourth-order valence-electron chi connectivity index (χ4n) is 2.59. The molecule has 0 saturated heterocycles. The van der Waals surface area contributed by atoms with E-state index < -0.39 is 10.0 Å². The quantitative estimate of drug-likeness (QED) is 0.726. The Balaban J connectivity index is 2.01. The smallest absolute Gasteiger partial charge is 0.229 e. The number of nitrogens with zero attached hydrogens (tertiary/aromatic N) is 3. The molecule has 0 aliphatic rings. The van der Waals surface area contributed by atoms with Crippen LogP contribution < -0.4 is 10.5 Å². The Hall–Kier alpha value is -2.74. The number of anilines is 2. The third-order valence-electron chi connectivity index (χ3n) is 3.60. The van der Waals surface area contributed by atoms with Crippen LogP contribution in [0.3, 0.4) is 0 Å². The molecule has 1 aromatic carbocycles. The van der Waals surface area contributed by atoms with E-state index >= 15 is 0 Å². The van der Waals surface area contributed by atoms with E-state index in [4.69, 9.17) is 10.7 Å². The highest BCUT2D eigenvalue weighted by molar-refractivity contribution is 7.92. The summed E-state index contributed by atoms with van der Waals surface area (Å²) in [5.41, 5.74) is 10.2. The van der Waals surface area contributed by atoms with E-state index in [1.54, 1.807) is 12.1 Å². The zero-order valence-electron chi connectivity index (χ0n) is 14.0. The number of aromatic nitrogens is 3. The van der Waals surface area contributed by atoms with Crippen molar-refractivity contribution < 1.29 is 8.42 Å². The van der Waals surface area contributed by atoms with Gasteiger partial charge in [-0.1, -0.05) is 25.5 Å². The van der Waals surface area contributed by atoms with Crippen LogP contribution in [-0.2, 0) is 16.4 Å². The maximum absolute atomic E-state index is 11.3. The van der Waals surface area contributed by atoms with E-state index in [0.717, 1.165) is 47.1 Å².